The molecule has 1 aliphatic rings. The predicted molar refractivity (Wildman–Crippen MR) is 97.2 cm³/mol. The Bertz CT molecular complexity index is 552. The van der Waals surface area contributed by atoms with Crippen molar-refractivity contribution in [3.63, 3.8) is 0 Å². The lowest BCUT2D eigenvalue weighted by Crippen LogP contribution is -2.39. The van der Waals surface area contributed by atoms with Crippen LogP contribution in [0.25, 0.3) is 0 Å². The standard InChI is InChI=1S/C19H31N3O3/c1-3-4-5-6-7-8-9-19(24)22(13-16-10-11-16)14-18(23)20-17-12-15(2)25-21-17/h12,16H,3-11,13-14H2,1-2H3,(H,20,21,23). The van der Waals surface area contributed by atoms with Crippen LogP contribution in [0.15, 0.2) is 10.6 Å². The van der Waals surface area contributed by atoms with Crippen LogP contribution in [0.2, 0.25) is 0 Å². The van der Waals surface area contributed by atoms with Gasteiger partial charge in [-0.25, -0.2) is 0 Å². The number of hydrogen-bond acceptors (Lipinski definition) is 4. The van der Waals surface area contributed by atoms with Crippen LogP contribution >= 0.6 is 0 Å². The monoisotopic (exact) mass is 349 g/mol. The first kappa shape index (κ1) is 19.5. The van der Waals surface area contributed by atoms with Gasteiger partial charge in [0.25, 0.3) is 0 Å². The van der Waals surface area contributed by atoms with E-state index in [0.29, 0.717) is 30.5 Å². The molecule has 1 N–H and O–H groups in total. The second-order valence-corrected chi connectivity index (χ2v) is 7.11. The summed E-state index contributed by atoms with van der Waals surface area (Å²) in [5.74, 6) is 1.48. The average molecular weight is 349 g/mol. The Kier molecular flexibility index (Phi) is 7.95. The first-order valence-corrected chi connectivity index (χ1v) is 9.59. The Morgan fingerprint density at radius 2 is 1.96 bits per heavy atom. The zero-order valence-electron chi connectivity index (χ0n) is 15.6. The van der Waals surface area contributed by atoms with Crippen molar-refractivity contribution in [2.24, 2.45) is 5.92 Å². The number of unbranched alkanes of at least 4 members (excludes halogenated alkanes) is 5. The Hall–Kier alpha value is -1.85. The van der Waals surface area contributed by atoms with Crippen LogP contribution < -0.4 is 5.32 Å². The van der Waals surface area contributed by atoms with Crippen LogP contribution in [0.1, 0.15) is 70.5 Å². The molecule has 0 radical (unpaired) electrons. The van der Waals surface area contributed by atoms with Gasteiger partial charge in [0.2, 0.25) is 11.8 Å². The minimum absolute atomic E-state index is 0.0916. The fourth-order valence-corrected chi connectivity index (χ4v) is 2.86. The van der Waals surface area contributed by atoms with Crippen molar-refractivity contribution in [2.75, 3.05) is 18.4 Å². The molecule has 1 saturated carbocycles. The molecule has 0 unspecified atom stereocenters. The van der Waals surface area contributed by atoms with Gasteiger partial charge < -0.3 is 14.7 Å². The molecule has 25 heavy (non-hydrogen) atoms. The third-order valence-electron chi connectivity index (χ3n) is 4.50. The highest BCUT2D eigenvalue weighted by atomic mass is 16.5. The van der Waals surface area contributed by atoms with Gasteiger partial charge >= 0.3 is 0 Å². The highest BCUT2D eigenvalue weighted by Crippen LogP contribution is 2.30. The van der Waals surface area contributed by atoms with Crippen LogP contribution in [0, 0.1) is 12.8 Å². The zero-order valence-corrected chi connectivity index (χ0v) is 15.6. The summed E-state index contributed by atoms with van der Waals surface area (Å²) in [6, 6.07) is 1.67. The Morgan fingerprint density at radius 1 is 1.24 bits per heavy atom. The van der Waals surface area contributed by atoms with Gasteiger partial charge in [0.1, 0.15) is 5.76 Å². The largest absolute Gasteiger partial charge is 0.360 e. The summed E-state index contributed by atoms with van der Waals surface area (Å²) in [5, 5.41) is 6.45. The van der Waals surface area contributed by atoms with Crippen molar-refractivity contribution < 1.29 is 14.1 Å². The molecule has 1 aromatic rings. The van der Waals surface area contributed by atoms with Crippen molar-refractivity contribution >= 4 is 17.6 Å². The lowest BCUT2D eigenvalue weighted by Gasteiger charge is -2.22. The van der Waals surface area contributed by atoms with Crippen LogP contribution in [-0.4, -0.2) is 35.0 Å². The molecule has 1 aromatic heterocycles. The minimum Gasteiger partial charge on any atom is -0.360 e. The molecule has 0 spiro atoms. The molecule has 2 amide bonds. The molecular formula is C19H31N3O3. The van der Waals surface area contributed by atoms with E-state index < -0.39 is 0 Å². The zero-order chi connectivity index (χ0) is 18.1. The van der Waals surface area contributed by atoms with Gasteiger partial charge in [-0.1, -0.05) is 44.2 Å². The molecular weight excluding hydrogens is 318 g/mol. The summed E-state index contributed by atoms with van der Waals surface area (Å²) in [6.45, 7) is 4.76. The number of aryl methyl sites for hydroxylation is 1. The van der Waals surface area contributed by atoms with Gasteiger partial charge in [-0.3, -0.25) is 9.59 Å². The van der Waals surface area contributed by atoms with Crippen molar-refractivity contribution in [1.82, 2.24) is 10.1 Å². The third-order valence-corrected chi connectivity index (χ3v) is 4.50. The van der Waals surface area contributed by atoms with Gasteiger partial charge in [-0.05, 0) is 32.1 Å². The van der Waals surface area contributed by atoms with E-state index >= 15 is 0 Å². The van der Waals surface area contributed by atoms with Gasteiger partial charge in [0, 0.05) is 19.0 Å². The highest BCUT2D eigenvalue weighted by molar-refractivity contribution is 5.93. The summed E-state index contributed by atoms with van der Waals surface area (Å²) in [5.41, 5.74) is 0. The van der Waals surface area contributed by atoms with Crippen LogP contribution in [-0.2, 0) is 9.59 Å². The fourth-order valence-electron chi connectivity index (χ4n) is 2.86. The number of hydrogen-bond donors (Lipinski definition) is 1. The van der Waals surface area contributed by atoms with Crippen LogP contribution in [0.3, 0.4) is 0 Å². The Labute approximate surface area is 150 Å². The number of nitrogens with zero attached hydrogens (tertiary/aromatic N) is 2. The lowest BCUT2D eigenvalue weighted by molar-refractivity contribution is -0.135. The number of rotatable bonds is 12. The molecule has 0 aliphatic heterocycles. The number of amides is 2. The molecule has 2 rings (SSSR count). The highest BCUT2D eigenvalue weighted by Gasteiger charge is 2.27. The lowest BCUT2D eigenvalue weighted by atomic mass is 10.1. The van der Waals surface area contributed by atoms with Crippen molar-refractivity contribution in [3.05, 3.63) is 11.8 Å². The third kappa shape index (κ3) is 7.71. The Morgan fingerprint density at radius 3 is 2.60 bits per heavy atom. The van der Waals surface area contributed by atoms with Crippen LogP contribution in [0.5, 0.6) is 0 Å². The average Bonchev–Trinajstić information content (AvgIpc) is 3.30. The maximum Gasteiger partial charge on any atom is 0.245 e. The maximum atomic E-state index is 12.5. The molecule has 6 heteroatoms. The summed E-state index contributed by atoms with van der Waals surface area (Å²) >= 11 is 0. The van der Waals surface area contributed by atoms with Gasteiger partial charge in [-0.2, -0.15) is 0 Å². The van der Waals surface area contributed by atoms with E-state index in [2.05, 4.69) is 17.4 Å². The molecule has 1 heterocycles. The van der Waals surface area contributed by atoms with Gasteiger partial charge in [-0.15, -0.1) is 0 Å². The summed E-state index contributed by atoms with van der Waals surface area (Å²) in [6.07, 6.45) is 9.79. The molecule has 0 aromatic carbocycles. The fraction of sp³-hybridized carbons (Fsp3) is 0.737. The summed E-state index contributed by atoms with van der Waals surface area (Å²) in [7, 11) is 0. The van der Waals surface area contributed by atoms with Gasteiger partial charge in [0.15, 0.2) is 5.82 Å². The topological polar surface area (TPSA) is 75.4 Å². The number of carbonyl (C=O) groups excluding carboxylic acids is 2. The number of carbonyl (C=O) groups is 2. The Balaban J connectivity index is 1.74. The first-order chi connectivity index (χ1) is 12.1. The molecule has 0 bridgehead atoms. The summed E-state index contributed by atoms with van der Waals surface area (Å²) in [4.78, 5) is 26.4. The van der Waals surface area contributed by atoms with Gasteiger partial charge in [0.05, 0.1) is 6.54 Å². The number of nitrogens with one attached hydrogen (secondary N) is 1. The normalized spacial score (nSPS) is 13.7. The second-order valence-electron chi connectivity index (χ2n) is 7.11. The van der Waals surface area contributed by atoms with Crippen molar-refractivity contribution in [2.45, 2.75) is 71.6 Å². The van der Waals surface area contributed by atoms with E-state index in [0.717, 1.165) is 25.7 Å². The predicted octanol–water partition coefficient (Wildman–Crippen LogP) is 3.91. The quantitative estimate of drug-likeness (QED) is 0.581. The number of anilines is 1. The smallest absolute Gasteiger partial charge is 0.245 e. The van der Waals surface area contributed by atoms with Crippen molar-refractivity contribution in [3.8, 4) is 0 Å². The van der Waals surface area contributed by atoms with Crippen molar-refractivity contribution in [1.29, 1.82) is 0 Å². The SMILES string of the molecule is CCCCCCCCC(=O)N(CC(=O)Nc1cc(C)on1)CC1CC1. The van der Waals surface area contributed by atoms with E-state index in [1.54, 1.807) is 17.9 Å². The number of aromatic nitrogens is 1. The molecule has 1 fully saturated rings. The second kappa shape index (κ2) is 10.2. The van der Waals surface area contributed by atoms with E-state index in [9.17, 15) is 9.59 Å². The molecule has 0 atom stereocenters. The van der Waals surface area contributed by atoms with E-state index in [4.69, 9.17) is 4.52 Å². The molecule has 0 saturated heterocycles. The van der Waals surface area contributed by atoms with E-state index in [1.807, 2.05) is 0 Å². The first-order valence-electron chi connectivity index (χ1n) is 9.59. The molecule has 6 nitrogen and oxygen atoms in total. The van der Waals surface area contributed by atoms with E-state index in [1.165, 1.54) is 25.7 Å². The maximum absolute atomic E-state index is 12.5. The van der Waals surface area contributed by atoms with Crippen LogP contribution in [0.4, 0.5) is 5.82 Å². The summed E-state index contributed by atoms with van der Waals surface area (Å²) < 4.78 is 4.94. The van der Waals surface area contributed by atoms with E-state index in [-0.39, 0.29) is 18.4 Å². The molecule has 1 aliphatic carbocycles. The minimum atomic E-state index is -0.217. The molecule has 140 valence electrons.